The van der Waals surface area contributed by atoms with Gasteiger partial charge in [-0.05, 0) is 35.5 Å². The minimum Gasteiger partial charge on any atom is -1.00 e. The van der Waals surface area contributed by atoms with E-state index < -0.39 is 0 Å². The van der Waals surface area contributed by atoms with Crippen molar-refractivity contribution < 1.29 is 26.4 Å². The molecule has 2 rings (SSSR count). The Morgan fingerprint density at radius 3 is 2.47 bits per heavy atom. The number of benzene rings is 1. The molecule has 4 nitrogen and oxygen atoms in total. The third-order valence-corrected chi connectivity index (χ3v) is 3.30. The maximum Gasteiger partial charge on any atom is 0.293 e. The molecule has 0 aromatic heterocycles. The highest BCUT2D eigenvalue weighted by Gasteiger charge is 2.34. The number of amides is 2. The number of hydrogen-bond acceptors (Lipinski definition) is 4. The predicted molar refractivity (Wildman–Crippen MR) is 68.1 cm³/mol. The molecule has 2 amide bonds. The standard InChI is InChI=1S/C12H11FN2O2S.ClH/c13-9-3-1-8(2-4-9)7-10-11(16)15(6-5-14)12(17)18-10;/h1-4,7H,5-6,14H2;1H/p-1/b10-7-;. The van der Waals surface area contributed by atoms with E-state index in [1.165, 1.54) is 12.1 Å². The Kier molecular flexibility index (Phi) is 5.53. The number of hydrogen-bond donors (Lipinski definition) is 1. The van der Waals surface area contributed by atoms with Crippen LogP contribution in [0.4, 0.5) is 9.18 Å². The second-order valence-corrected chi connectivity index (χ2v) is 4.67. The first-order valence-corrected chi connectivity index (χ1v) is 6.14. The molecule has 1 fully saturated rings. The number of imide groups is 1. The van der Waals surface area contributed by atoms with Gasteiger partial charge in [0.1, 0.15) is 5.82 Å². The summed E-state index contributed by atoms with van der Waals surface area (Å²) in [6.07, 6.45) is 1.57. The summed E-state index contributed by atoms with van der Waals surface area (Å²) in [6.45, 7) is 0.452. The van der Waals surface area contributed by atoms with Crippen LogP contribution in [-0.4, -0.2) is 29.1 Å². The molecule has 102 valence electrons. The fraction of sp³-hybridized carbons (Fsp3) is 0.167. The monoisotopic (exact) mass is 301 g/mol. The Morgan fingerprint density at radius 2 is 1.89 bits per heavy atom. The van der Waals surface area contributed by atoms with Crippen LogP contribution in [0.2, 0.25) is 0 Å². The zero-order valence-electron chi connectivity index (χ0n) is 9.81. The maximum absolute atomic E-state index is 12.7. The lowest BCUT2D eigenvalue weighted by Gasteiger charge is -2.09. The van der Waals surface area contributed by atoms with Gasteiger partial charge >= 0.3 is 0 Å². The van der Waals surface area contributed by atoms with Crippen LogP contribution >= 0.6 is 11.8 Å². The molecule has 1 aliphatic heterocycles. The number of rotatable bonds is 3. The molecule has 1 aromatic rings. The maximum atomic E-state index is 12.7. The summed E-state index contributed by atoms with van der Waals surface area (Å²) < 4.78 is 12.7. The third kappa shape index (κ3) is 3.56. The molecular formula is C12H11ClFN2O2S-. The first-order valence-electron chi connectivity index (χ1n) is 5.33. The van der Waals surface area contributed by atoms with Gasteiger partial charge in [-0.25, -0.2) is 4.39 Å². The van der Waals surface area contributed by atoms with Gasteiger partial charge < -0.3 is 18.1 Å². The molecule has 7 heteroatoms. The Balaban J connectivity index is 0.00000180. The van der Waals surface area contributed by atoms with Crippen LogP contribution in [0.5, 0.6) is 0 Å². The van der Waals surface area contributed by atoms with Crippen molar-refractivity contribution in [2.75, 3.05) is 13.1 Å². The van der Waals surface area contributed by atoms with Gasteiger partial charge in [0.2, 0.25) is 0 Å². The van der Waals surface area contributed by atoms with Gasteiger partial charge in [0.25, 0.3) is 11.1 Å². The van der Waals surface area contributed by atoms with Crippen molar-refractivity contribution in [2.45, 2.75) is 0 Å². The lowest BCUT2D eigenvalue weighted by Crippen LogP contribution is -3.00. The summed E-state index contributed by atoms with van der Waals surface area (Å²) in [7, 11) is 0. The Morgan fingerprint density at radius 1 is 1.26 bits per heavy atom. The highest BCUT2D eigenvalue weighted by molar-refractivity contribution is 8.18. The average molecular weight is 302 g/mol. The number of nitrogens with two attached hydrogens (primary N) is 1. The number of carbonyl (C=O) groups excluding carboxylic acids is 2. The van der Waals surface area contributed by atoms with Crippen LogP contribution in [-0.2, 0) is 4.79 Å². The molecule has 0 atom stereocenters. The first kappa shape index (κ1) is 15.7. The van der Waals surface area contributed by atoms with Crippen molar-refractivity contribution in [3.8, 4) is 0 Å². The van der Waals surface area contributed by atoms with E-state index in [9.17, 15) is 14.0 Å². The molecule has 0 unspecified atom stereocenters. The van der Waals surface area contributed by atoms with Gasteiger partial charge in [0.05, 0.1) is 4.91 Å². The topological polar surface area (TPSA) is 63.4 Å². The van der Waals surface area contributed by atoms with E-state index in [-0.39, 0.29) is 42.5 Å². The Bertz CT molecular complexity index is 519. The molecular weight excluding hydrogens is 291 g/mol. The molecule has 0 bridgehead atoms. The van der Waals surface area contributed by atoms with Gasteiger partial charge in [-0.2, -0.15) is 0 Å². The molecule has 0 saturated carbocycles. The summed E-state index contributed by atoms with van der Waals surface area (Å²) >= 11 is 0.870. The minimum absolute atomic E-state index is 0. The number of thioether (sulfide) groups is 1. The summed E-state index contributed by atoms with van der Waals surface area (Å²) in [5.74, 6) is -0.692. The molecule has 0 spiro atoms. The van der Waals surface area contributed by atoms with Crippen LogP contribution in [0, 0.1) is 5.82 Å². The molecule has 0 aliphatic carbocycles. The quantitative estimate of drug-likeness (QED) is 0.714. The van der Waals surface area contributed by atoms with E-state index >= 15 is 0 Å². The van der Waals surface area contributed by atoms with Crippen molar-refractivity contribution in [3.63, 3.8) is 0 Å². The predicted octanol–water partition coefficient (Wildman–Crippen LogP) is -1.18. The normalized spacial score (nSPS) is 16.9. The lowest BCUT2D eigenvalue weighted by atomic mass is 10.2. The van der Waals surface area contributed by atoms with Crippen LogP contribution in [0.15, 0.2) is 29.2 Å². The van der Waals surface area contributed by atoms with Crippen LogP contribution in [0.25, 0.3) is 6.08 Å². The summed E-state index contributed by atoms with van der Waals surface area (Å²) in [6, 6.07) is 5.70. The highest BCUT2D eigenvalue weighted by Crippen LogP contribution is 2.31. The Labute approximate surface area is 120 Å². The fourth-order valence-electron chi connectivity index (χ4n) is 1.53. The van der Waals surface area contributed by atoms with E-state index in [1.807, 2.05) is 0 Å². The van der Waals surface area contributed by atoms with E-state index in [0.29, 0.717) is 10.5 Å². The minimum atomic E-state index is -0.347. The summed E-state index contributed by atoms with van der Waals surface area (Å²) in [4.78, 5) is 24.8. The van der Waals surface area contributed by atoms with Crippen LogP contribution in [0.1, 0.15) is 5.56 Å². The van der Waals surface area contributed by atoms with E-state index in [0.717, 1.165) is 16.7 Å². The largest absolute Gasteiger partial charge is 1.00 e. The van der Waals surface area contributed by atoms with Gasteiger partial charge in [0.15, 0.2) is 0 Å². The van der Waals surface area contributed by atoms with Gasteiger partial charge in [0, 0.05) is 13.1 Å². The second-order valence-electron chi connectivity index (χ2n) is 3.67. The summed E-state index contributed by atoms with van der Waals surface area (Å²) in [5, 5.41) is -0.321. The van der Waals surface area contributed by atoms with Gasteiger partial charge in [-0.3, -0.25) is 14.5 Å². The van der Waals surface area contributed by atoms with E-state index in [4.69, 9.17) is 5.73 Å². The molecule has 1 aromatic carbocycles. The van der Waals surface area contributed by atoms with Crippen LogP contribution in [0.3, 0.4) is 0 Å². The average Bonchev–Trinajstić information content (AvgIpc) is 2.60. The van der Waals surface area contributed by atoms with Crippen molar-refractivity contribution in [1.29, 1.82) is 0 Å². The smallest absolute Gasteiger partial charge is 0.293 e. The van der Waals surface area contributed by atoms with Crippen molar-refractivity contribution in [3.05, 3.63) is 40.6 Å². The van der Waals surface area contributed by atoms with Crippen molar-refractivity contribution >= 4 is 29.0 Å². The van der Waals surface area contributed by atoms with Crippen molar-refractivity contribution in [1.82, 2.24) is 4.90 Å². The van der Waals surface area contributed by atoms with E-state index in [2.05, 4.69) is 0 Å². The molecule has 1 aliphatic rings. The second kappa shape index (κ2) is 6.70. The zero-order valence-corrected chi connectivity index (χ0v) is 11.4. The van der Waals surface area contributed by atoms with Crippen molar-refractivity contribution in [2.24, 2.45) is 5.73 Å². The summed E-state index contributed by atoms with van der Waals surface area (Å²) in [5.41, 5.74) is 6.01. The van der Waals surface area contributed by atoms with Crippen LogP contribution < -0.4 is 18.1 Å². The van der Waals surface area contributed by atoms with Gasteiger partial charge in [-0.1, -0.05) is 12.1 Å². The zero-order chi connectivity index (χ0) is 13.1. The molecule has 19 heavy (non-hydrogen) atoms. The lowest BCUT2D eigenvalue weighted by molar-refractivity contribution is -0.122. The third-order valence-electron chi connectivity index (χ3n) is 2.39. The van der Waals surface area contributed by atoms with Gasteiger partial charge in [-0.15, -0.1) is 0 Å². The number of halogens is 2. The molecule has 1 heterocycles. The molecule has 2 N–H and O–H groups in total. The first-order chi connectivity index (χ1) is 8.61. The van der Waals surface area contributed by atoms with E-state index in [1.54, 1.807) is 18.2 Å². The number of carbonyl (C=O) groups is 2. The SMILES string of the molecule is NCCN1C(=O)S/C(=C\c2ccc(F)cc2)C1=O.[Cl-]. The highest BCUT2D eigenvalue weighted by atomic mass is 35.5. The molecule has 1 saturated heterocycles. The Hall–Kier alpha value is -1.37. The number of nitrogens with zero attached hydrogens (tertiary/aromatic N) is 1. The molecule has 0 radical (unpaired) electrons. The fourth-order valence-corrected chi connectivity index (χ4v) is 2.40.